The van der Waals surface area contributed by atoms with Gasteiger partial charge in [0, 0.05) is 99.7 Å². The van der Waals surface area contributed by atoms with Gasteiger partial charge < -0.3 is 126 Å². The number of carboxylic acid groups (broad SMARTS) is 1. The molecule has 4 bridgehead atoms. The molecule has 0 saturated heterocycles. The predicted molar refractivity (Wildman–Crippen MR) is 533 cm³/mol. The van der Waals surface area contributed by atoms with E-state index in [4.69, 9.17) is 105 Å². The van der Waals surface area contributed by atoms with Gasteiger partial charge in [-0.3, -0.25) is 19.3 Å². The highest BCUT2D eigenvalue weighted by Gasteiger charge is 2.66. The van der Waals surface area contributed by atoms with E-state index in [0.29, 0.717) is 304 Å². The van der Waals surface area contributed by atoms with Crippen molar-refractivity contribution in [3.63, 3.8) is 0 Å². The van der Waals surface area contributed by atoms with Crippen LogP contribution in [0.2, 0.25) is 0 Å². The van der Waals surface area contributed by atoms with Crippen molar-refractivity contribution in [2.75, 3.05) is 286 Å². The molecule has 0 spiro atoms. The second kappa shape index (κ2) is 60.9. The molecule has 3 amide bonds. The van der Waals surface area contributed by atoms with Crippen LogP contribution in [0.4, 0.5) is 26.2 Å². The summed E-state index contributed by atoms with van der Waals surface area (Å²) in [5.41, 5.74) is 5.76. The Morgan fingerprint density at radius 3 is 1.61 bits per heavy atom. The van der Waals surface area contributed by atoms with Gasteiger partial charge in [0.25, 0.3) is 16.0 Å². The van der Waals surface area contributed by atoms with Crippen molar-refractivity contribution < 1.29 is 132 Å². The molecule has 11 rings (SSSR count). The normalized spacial score (nSPS) is 18.3. The van der Waals surface area contributed by atoms with Crippen LogP contribution in [0.25, 0.3) is 21.3 Å². The number of benzene rings is 3. The minimum Gasteiger partial charge on any atom is -0.476 e. The first-order valence-corrected chi connectivity index (χ1v) is 52.0. The average Bonchev–Trinajstić information content (AvgIpc) is 1.21. The zero-order valence-corrected chi connectivity index (χ0v) is 86.1. The average molecular weight is 2020 g/mol. The fraction of sp³-hybridized carbons (Fsp3) is 0.693. The van der Waals surface area contributed by atoms with Gasteiger partial charge in [0.2, 0.25) is 0 Å². The zero-order valence-electron chi connectivity index (χ0n) is 84.5. The smallest absolute Gasteiger partial charge is 0.410 e. The van der Waals surface area contributed by atoms with Crippen LogP contribution in [0.3, 0.4) is 0 Å². The van der Waals surface area contributed by atoms with Crippen LogP contribution in [-0.2, 0) is 137 Å². The van der Waals surface area contributed by atoms with E-state index in [-0.39, 0.29) is 72.2 Å². The Bertz CT molecular complexity index is 4740. The van der Waals surface area contributed by atoms with E-state index in [2.05, 4.69) is 47.0 Å². The topological polar surface area (TPSA) is 426 Å². The molecule has 4 atom stereocenters. The SMILES string of the molecule is COCCOCCOCCOCCOCCOCCOCCOCCOCCOCCOCCOCCOCCOCCOCCOCCOCCCc1cc(NC[C@H](C)NC[C@@H](NC(=O)OC(C)(C)C)C(C)C)ccc1COC(=O)N(CCOC12CC3(C)CC(C)(CC(Cn4ncc(-c5ccc(N6CCc7cccc(C(=O)Nc8nc9ccccc9s8)c7C6)nc5C(=O)O)c4C)(C3)C1)C2)CCS(=O)(=O)O. The third-order valence-corrected chi connectivity index (χ3v) is 26.4. The molecule has 3 aromatic heterocycles. The number of carbonyl (C=O) groups is 4. The van der Waals surface area contributed by atoms with E-state index in [9.17, 15) is 37.3 Å². The minimum absolute atomic E-state index is 0.0142. The van der Waals surface area contributed by atoms with E-state index in [1.54, 1.807) is 19.4 Å². The number of para-hydroxylation sites is 1. The van der Waals surface area contributed by atoms with E-state index in [1.807, 2.05) is 118 Å². The van der Waals surface area contributed by atoms with Gasteiger partial charge in [-0.25, -0.2) is 24.4 Å². The molecular weight excluding hydrogens is 1870 g/mol. The van der Waals surface area contributed by atoms with Crippen molar-refractivity contribution in [3.8, 4) is 11.1 Å². The Hall–Kier alpha value is -7.86. The first-order valence-electron chi connectivity index (χ1n) is 49.6. The number of ether oxygens (including phenoxy) is 20. The quantitative estimate of drug-likeness (QED) is 0.0153. The van der Waals surface area contributed by atoms with Crippen LogP contribution in [0, 0.1) is 29.1 Å². The monoisotopic (exact) mass is 2020 g/mol. The lowest BCUT2D eigenvalue weighted by Gasteiger charge is -2.69. The number of hydrogen-bond acceptors (Lipinski definition) is 33. The molecule has 1 aliphatic heterocycles. The molecule has 141 heavy (non-hydrogen) atoms. The van der Waals surface area contributed by atoms with E-state index < -0.39 is 45.2 Å². The van der Waals surface area contributed by atoms with Crippen LogP contribution in [0.15, 0.2) is 79.0 Å². The second-order valence-corrected chi connectivity index (χ2v) is 40.9. The third-order valence-electron chi connectivity index (χ3n) is 24.7. The molecule has 38 nitrogen and oxygen atoms in total. The second-order valence-electron chi connectivity index (χ2n) is 38.3. The summed E-state index contributed by atoms with van der Waals surface area (Å²) in [6.45, 7) is 35.5. The highest BCUT2D eigenvalue weighted by atomic mass is 32.2. The number of hydrogen-bond donors (Lipinski definition) is 6. The Balaban J connectivity index is 0.595. The number of alkyl carbamates (subject to hydrolysis) is 1. The summed E-state index contributed by atoms with van der Waals surface area (Å²) in [5, 5.41) is 29.5. The number of rotatable bonds is 76. The minimum atomic E-state index is -4.51. The Morgan fingerprint density at radius 2 is 1.11 bits per heavy atom. The first kappa shape index (κ1) is 115. The molecule has 5 aliphatic rings. The fourth-order valence-electron chi connectivity index (χ4n) is 19.1. The van der Waals surface area contributed by atoms with Crippen molar-refractivity contribution in [3.05, 3.63) is 118 Å². The zero-order chi connectivity index (χ0) is 101. The molecule has 2 unspecified atom stereocenters. The lowest BCUT2D eigenvalue weighted by Crippen LogP contribution is -2.64. The molecule has 4 aliphatic carbocycles. The molecular formula is C101H156N10O28S2. The maximum atomic E-state index is 14.4. The van der Waals surface area contributed by atoms with Crippen LogP contribution < -0.4 is 26.2 Å². The van der Waals surface area contributed by atoms with Gasteiger partial charge in [0.1, 0.15) is 18.0 Å². The molecule has 4 saturated carbocycles. The maximum absolute atomic E-state index is 14.4. The number of fused-ring (bicyclic) bond motifs is 2. The predicted octanol–water partition coefficient (Wildman–Crippen LogP) is 11.8. The summed E-state index contributed by atoms with van der Waals surface area (Å²) in [6.07, 6.45) is 7.41. The number of nitrogens with one attached hydrogen (secondary N) is 4. The molecule has 6 N–H and O–H groups in total. The lowest BCUT2D eigenvalue weighted by atomic mass is 9.39. The van der Waals surface area contributed by atoms with E-state index in [0.717, 1.165) is 76.0 Å². The molecule has 4 heterocycles. The van der Waals surface area contributed by atoms with Crippen molar-refractivity contribution in [1.29, 1.82) is 0 Å². The van der Waals surface area contributed by atoms with Gasteiger partial charge in [-0.05, 0) is 179 Å². The summed E-state index contributed by atoms with van der Waals surface area (Å²) >= 11 is 1.41. The number of aromatic nitrogens is 4. The Morgan fingerprint density at radius 1 is 0.582 bits per heavy atom. The summed E-state index contributed by atoms with van der Waals surface area (Å²) in [6, 6.07) is 22.7. The number of carboxylic acids is 1. The highest BCUT2D eigenvalue weighted by Crippen LogP contribution is 2.72. The van der Waals surface area contributed by atoms with Gasteiger partial charge in [-0.15, -0.1) is 0 Å². The van der Waals surface area contributed by atoms with E-state index >= 15 is 0 Å². The van der Waals surface area contributed by atoms with Crippen LogP contribution >= 0.6 is 11.3 Å². The molecule has 790 valence electrons. The van der Waals surface area contributed by atoms with Crippen LogP contribution in [-0.4, -0.2) is 360 Å². The van der Waals surface area contributed by atoms with E-state index in [1.165, 1.54) is 16.2 Å². The summed E-state index contributed by atoms with van der Waals surface area (Å²) in [7, 11) is -2.87. The largest absolute Gasteiger partial charge is 0.476 e. The third kappa shape index (κ3) is 41.5. The van der Waals surface area contributed by atoms with Crippen molar-refractivity contribution in [1.82, 2.24) is 35.3 Å². The van der Waals surface area contributed by atoms with Crippen molar-refractivity contribution in [2.45, 2.75) is 163 Å². The number of nitrogens with zero attached hydrogens (tertiary/aromatic N) is 6. The molecule has 0 radical (unpaired) electrons. The summed E-state index contributed by atoms with van der Waals surface area (Å²) < 4.78 is 151. The number of anilines is 3. The molecule has 40 heteroatoms. The number of methoxy groups -OCH3 is 1. The van der Waals surface area contributed by atoms with Crippen molar-refractivity contribution in [2.24, 2.45) is 22.2 Å². The fourth-order valence-corrected chi connectivity index (χ4v) is 20.5. The number of thiazole rings is 1. The number of carbonyl (C=O) groups excluding carboxylic acids is 3. The molecule has 3 aromatic carbocycles. The number of pyridine rings is 1. The standard InChI is InChI=1S/C101H156N10O28S2/c1-76(2)88(106-95(115)139-97(5,6)7)66-102-77(3)64-103-82-21-20-81(80(63-82)16-14-28-121-32-33-123-36-37-125-40-41-127-44-45-129-48-49-131-52-53-133-56-57-135-60-61-136-59-58-134-55-54-132-51-50-130-47-46-128-43-42-126-39-38-124-35-34-122-31-30-120-10)68-137-96(116)109(27-62-141(117,118)119)26-29-138-101-72-98(8)69-99(9,73-101)71-100(70-98,74-101)75-111-78(4)85(65-104-111)83-22-23-90(107-91(83)93(113)114)110-25-24-79-15-13-17-84(86(79)67-110)92(112)108-94-105-87-18-11-12-19-89(87)140-94/h11-13,15,17-23,63,65,76-77,88,102-103H,14,16,24-62,64,66-75H2,1-10H3,(H,106,115)(H,113,114)(H,105,108,112)(H,117,118,119)/t77-,88+,98?,99?,100?,101?/m0/s1. The molecule has 6 aromatic rings. The van der Waals surface area contributed by atoms with Gasteiger partial charge in [-0.2, -0.15) is 13.5 Å². The molecule has 4 fully saturated rings. The number of aromatic carboxylic acids is 1. The lowest BCUT2D eigenvalue weighted by molar-refractivity contribution is -0.248. The first-order chi connectivity index (χ1) is 68.0. The number of amides is 3. The Kier molecular flexibility index (Phi) is 49.7. The van der Waals surface area contributed by atoms with Crippen LogP contribution in [0.1, 0.15) is 149 Å². The van der Waals surface area contributed by atoms with Crippen LogP contribution in [0.5, 0.6) is 0 Å². The summed E-state index contributed by atoms with van der Waals surface area (Å²) in [4.78, 5) is 67.1. The van der Waals surface area contributed by atoms with Gasteiger partial charge in [0.15, 0.2) is 10.8 Å². The summed E-state index contributed by atoms with van der Waals surface area (Å²) in [5.74, 6) is -1.56. The van der Waals surface area contributed by atoms with Gasteiger partial charge >= 0.3 is 18.2 Å². The highest BCUT2D eigenvalue weighted by molar-refractivity contribution is 7.85. The number of aryl methyl sites for hydroxylation is 1. The maximum Gasteiger partial charge on any atom is 0.410 e. The van der Waals surface area contributed by atoms with Crippen molar-refractivity contribution >= 4 is 72.4 Å². The Labute approximate surface area is 835 Å². The van der Waals surface area contributed by atoms with Gasteiger partial charge in [0.05, 0.1) is 246 Å². The van der Waals surface area contributed by atoms with Gasteiger partial charge in [-0.1, -0.05) is 69.4 Å².